The molecule has 0 radical (unpaired) electrons. The predicted octanol–water partition coefficient (Wildman–Crippen LogP) is 3.22. The fraction of sp³-hybridized carbons (Fsp3) is 0.500. The lowest BCUT2D eigenvalue weighted by Gasteiger charge is -2.12. The molecule has 1 N–H and O–H groups in total. The second-order valence-corrected chi connectivity index (χ2v) is 6.98. The summed E-state index contributed by atoms with van der Waals surface area (Å²) in [5.74, 6) is 0.681. The van der Waals surface area contributed by atoms with Crippen LogP contribution in [0.5, 0.6) is 0 Å². The molecule has 1 atom stereocenters. The minimum absolute atomic E-state index is 0.0766. The Labute approximate surface area is 130 Å². The van der Waals surface area contributed by atoms with Gasteiger partial charge in [-0.25, -0.2) is 4.98 Å². The Bertz CT molecular complexity index is 621. The standard InChI is InChI=1S/C16H23N3OS/c1-11(2)9-10-17-15(20)12(3)21-16-18-13-7-5-6-8-14(13)19(16)4/h5-8,11-12H,9-10H2,1-4H3,(H,17,20). The third-order valence-corrected chi connectivity index (χ3v) is 4.56. The number of fused-ring (bicyclic) bond motifs is 1. The van der Waals surface area contributed by atoms with Crippen molar-refractivity contribution in [2.24, 2.45) is 13.0 Å². The lowest BCUT2D eigenvalue weighted by Crippen LogP contribution is -2.32. The molecule has 1 amide bonds. The molecule has 1 heterocycles. The summed E-state index contributed by atoms with van der Waals surface area (Å²) >= 11 is 1.50. The van der Waals surface area contributed by atoms with E-state index in [1.54, 1.807) is 0 Å². The molecule has 1 aromatic heterocycles. The second kappa shape index (κ2) is 6.98. The fourth-order valence-electron chi connectivity index (χ4n) is 2.07. The number of hydrogen-bond acceptors (Lipinski definition) is 3. The molecule has 0 saturated carbocycles. The number of nitrogens with zero attached hydrogens (tertiary/aromatic N) is 2. The summed E-state index contributed by atoms with van der Waals surface area (Å²) in [7, 11) is 1.99. The quantitative estimate of drug-likeness (QED) is 0.834. The Kier molecular flexibility index (Phi) is 5.28. The van der Waals surface area contributed by atoms with E-state index in [-0.39, 0.29) is 11.2 Å². The van der Waals surface area contributed by atoms with E-state index in [0.717, 1.165) is 29.2 Å². The van der Waals surface area contributed by atoms with Crippen molar-refractivity contribution in [3.05, 3.63) is 24.3 Å². The van der Waals surface area contributed by atoms with Gasteiger partial charge in [-0.2, -0.15) is 0 Å². The number of rotatable bonds is 6. The molecule has 5 heteroatoms. The smallest absolute Gasteiger partial charge is 0.233 e. The molecule has 4 nitrogen and oxygen atoms in total. The maximum absolute atomic E-state index is 12.1. The SMILES string of the molecule is CC(C)CCNC(=O)C(C)Sc1nc2ccccc2n1C. The van der Waals surface area contributed by atoms with Crippen LogP contribution in [0.1, 0.15) is 27.2 Å². The predicted molar refractivity (Wildman–Crippen MR) is 88.5 cm³/mol. The van der Waals surface area contributed by atoms with Gasteiger partial charge in [-0.1, -0.05) is 37.7 Å². The molecule has 0 aliphatic carbocycles. The van der Waals surface area contributed by atoms with Crippen LogP contribution in [-0.4, -0.2) is 27.3 Å². The van der Waals surface area contributed by atoms with Crippen LogP contribution >= 0.6 is 11.8 Å². The number of hydrogen-bond donors (Lipinski definition) is 1. The van der Waals surface area contributed by atoms with E-state index in [2.05, 4.69) is 24.1 Å². The van der Waals surface area contributed by atoms with Crippen molar-refractivity contribution in [1.82, 2.24) is 14.9 Å². The first-order valence-electron chi connectivity index (χ1n) is 7.35. The first kappa shape index (κ1) is 15.9. The van der Waals surface area contributed by atoms with Gasteiger partial charge in [0.1, 0.15) is 0 Å². The molecule has 1 aromatic carbocycles. The van der Waals surface area contributed by atoms with Crippen molar-refractivity contribution in [1.29, 1.82) is 0 Å². The average Bonchev–Trinajstić information content (AvgIpc) is 2.75. The molecule has 0 aliphatic heterocycles. The molecule has 1 unspecified atom stereocenters. The summed E-state index contributed by atoms with van der Waals surface area (Å²) < 4.78 is 2.04. The zero-order valence-electron chi connectivity index (χ0n) is 13.1. The molecule has 0 fully saturated rings. The minimum atomic E-state index is -0.146. The highest BCUT2D eigenvalue weighted by Gasteiger charge is 2.17. The largest absolute Gasteiger partial charge is 0.355 e. The van der Waals surface area contributed by atoms with E-state index in [9.17, 15) is 4.79 Å². The molecular formula is C16H23N3OS. The Morgan fingerprint density at radius 2 is 2.05 bits per heavy atom. The zero-order valence-corrected chi connectivity index (χ0v) is 13.9. The Balaban J connectivity index is 1.99. The number of carbonyl (C=O) groups is 1. The highest BCUT2D eigenvalue weighted by Crippen LogP contribution is 2.26. The van der Waals surface area contributed by atoms with Crippen LogP contribution < -0.4 is 5.32 Å². The molecule has 0 spiro atoms. The maximum atomic E-state index is 12.1. The van der Waals surface area contributed by atoms with Gasteiger partial charge < -0.3 is 9.88 Å². The van der Waals surface area contributed by atoms with Gasteiger partial charge in [0.2, 0.25) is 5.91 Å². The van der Waals surface area contributed by atoms with Gasteiger partial charge in [0.05, 0.1) is 16.3 Å². The van der Waals surface area contributed by atoms with Crippen molar-refractivity contribution in [2.75, 3.05) is 6.54 Å². The molecule has 2 rings (SSSR count). The van der Waals surface area contributed by atoms with Gasteiger partial charge in [0.15, 0.2) is 5.16 Å². The van der Waals surface area contributed by atoms with Crippen LogP contribution in [0.25, 0.3) is 11.0 Å². The minimum Gasteiger partial charge on any atom is -0.355 e. The van der Waals surface area contributed by atoms with E-state index >= 15 is 0 Å². The molecule has 21 heavy (non-hydrogen) atoms. The number of aryl methyl sites for hydroxylation is 1. The number of nitrogens with one attached hydrogen (secondary N) is 1. The third-order valence-electron chi connectivity index (χ3n) is 3.42. The van der Waals surface area contributed by atoms with Crippen LogP contribution in [0, 0.1) is 5.92 Å². The van der Waals surface area contributed by atoms with Crippen molar-refractivity contribution in [2.45, 2.75) is 37.6 Å². The lowest BCUT2D eigenvalue weighted by atomic mass is 10.1. The van der Waals surface area contributed by atoms with Crippen LogP contribution in [0.4, 0.5) is 0 Å². The molecule has 0 aliphatic rings. The second-order valence-electron chi connectivity index (χ2n) is 5.68. The van der Waals surface area contributed by atoms with Gasteiger partial charge in [-0.05, 0) is 31.4 Å². The van der Waals surface area contributed by atoms with E-state index < -0.39 is 0 Å². The highest BCUT2D eigenvalue weighted by atomic mass is 32.2. The van der Waals surface area contributed by atoms with Crippen molar-refractivity contribution in [3.8, 4) is 0 Å². The molecular weight excluding hydrogens is 282 g/mol. The maximum Gasteiger partial charge on any atom is 0.233 e. The number of imidazole rings is 1. The Morgan fingerprint density at radius 1 is 1.33 bits per heavy atom. The van der Waals surface area contributed by atoms with E-state index in [4.69, 9.17) is 0 Å². The van der Waals surface area contributed by atoms with Gasteiger partial charge in [0, 0.05) is 13.6 Å². The summed E-state index contributed by atoms with van der Waals surface area (Å²) in [6.07, 6.45) is 1.01. The van der Waals surface area contributed by atoms with E-state index in [1.807, 2.05) is 42.8 Å². The van der Waals surface area contributed by atoms with Gasteiger partial charge in [-0.15, -0.1) is 0 Å². The number of para-hydroxylation sites is 2. The molecule has 0 bridgehead atoms. The molecule has 0 saturated heterocycles. The Morgan fingerprint density at radius 3 is 2.71 bits per heavy atom. The van der Waals surface area contributed by atoms with Crippen molar-refractivity contribution >= 4 is 28.7 Å². The summed E-state index contributed by atoms with van der Waals surface area (Å²) in [5, 5.41) is 3.72. The van der Waals surface area contributed by atoms with Crippen molar-refractivity contribution in [3.63, 3.8) is 0 Å². The summed E-state index contributed by atoms with van der Waals surface area (Å²) in [4.78, 5) is 16.7. The lowest BCUT2D eigenvalue weighted by molar-refractivity contribution is -0.120. The van der Waals surface area contributed by atoms with E-state index in [0.29, 0.717) is 5.92 Å². The van der Waals surface area contributed by atoms with E-state index in [1.165, 1.54) is 11.8 Å². The number of thioether (sulfide) groups is 1. The van der Waals surface area contributed by atoms with Crippen LogP contribution in [0.15, 0.2) is 29.4 Å². The van der Waals surface area contributed by atoms with Crippen LogP contribution in [-0.2, 0) is 11.8 Å². The zero-order chi connectivity index (χ0) is 15.4. The first-order chi connectivity index (χ1) is 9.99. The molecule has 114 valence electrons. The summed E-state index contributed by atoms with van der Waals surface area (Å²) in [6.45, 7) is 6.98. The van der Waals surface area contributed by atoms with Crippen LogP contribution in [0.2, 0.25) is 0 Å². The molecule has 2 aromatic rings. The number of carbonyl (C=O) groups excluding carboxylic acids is 1. The van der Waals surface area contributed by atoms with Crippen molar-refractivity contribution < 1.29 is 4.79 Å². The Hall–Kier alpha value is -1.49. The summed E-state index contributed by atoms with van der Waals surface area (Å²) in [5.41, 5.74) is 2.06. The van der Waals surface area contributed by atoms with Gasteiger partial charge >= 0.3 is 0 Å². The number of aromatic nitrogens is 2. The first-order valence-corrected chi connectivity index (χ1v) is 8.23. The number of amides is 1. The van der Waals surface area contributed by atoms with Gasteiger partial charge in [0.25, 0.3) is 0 Å². The van der Waals surface area contributed by atoms with Crippen LogP contribution in [0.3, 0.4) is 0 Å². The third kappa shape index (κ3) is 4.00. The monoisotopic (exact) mass is 305 g/mol. The average molecular weight is 305 g/mol. The number of benzene rings is 1. The van der Waals surface area contributed by atoms with Gasteiger partial charge in [-0.3, -0.25) is 4.79 Å². The fourth-order valence-corrected chi connectivity index (χ4v) is 2.98. The summed E-state index contributed by atoms with van der Waals surface area (Å²) in [6, 6.07) is 8.01. The topological polar surface area (TPSA) is 46.9 Å². The normalized spacial score (nSPS) is 12.8. The highest BCUT2D eigenvalue weighted by molar-refractivity contribution is 8.00.